The number of Topliss-reactive ketones (excluding diaryl/α,β-unsaturated/α-hetero) is 1. The van der Waals surface area contributed by atoms with E-state index in [-0.39, 0.29) is 17.1 Å². The molecule has 1 aliphatic carbocycles. The highest BCUT2D eigenvalue weighted by atomic mass is 16.1. The summed E-state index contributed by atoms with van der Waals surface area (Å²) in [4.78, 5) is 13.0. The van der Waals surface area contributed by atoms with Gasteiger partial charge in [-0.2, -0.15) is 0 Å². The molecular formula is C21H28O. The van der Waals surface area contributed by atoms with Gasteiger partial charge in [0.25, 0.3) is 0 Å². The number of carbonyl (C=O) groups is 1. The summed E-state index contributed by atoms with van der Waals surface area (Å²) in [6.45, 7) is 10.8. The van der Waals surface area contributed by atoms with E-state index in [1.807, 2.05) is 6.07 Å². The van der Waals surface area contributed by atoms with Gasteiger partial charge in [-0.25, -0.2) is 0 Å². The van der Waals surface area contributed by atoms with Gasteiger partial charge in [0.2, 0.25) is 0 Å². The Morgan fingerprint density at radius 2 is 1.77 bits per heavy atom. The summed E-state index contributed by atoms with van der Waals surface area (Å²) in [7, 11) is 0. The highest BCUT2D eigenvalue weighted by Gasteiger charge is 2.35. The molecule has 2 rings (SSSR count). The molecule has 0 unspecified atom stereocenters. The predicted octanol–water partition coefficient (Wildman–Crippen LogP) is 5.83. The van der Waals surface area contributed by atoms with Crippen molar-refractivity contribution >= 4 is 5.78 Å². The number of rotatable bonds is 4. The van der Waals surface area contributed by atoms with Gasteiger partial charge in [0, 0.05) is 11.5 Å². The number of hydrogen-bond donors (Lipinski definition) is 0. The van der Waals surface area contributed by atoms with Crippen LogP contribution >= 0.6 is 0 Å². The topological polar surface area (TPSA) is 17.1 Å². The first-order chi connectivity index (χ1) is 10.3. The molecule has 0 radical (unpaired) electrons. The molecule has 0 spiro atoms. The molecule has 0 amide bonds. The normalized spacial score (nSPS) is 21.0. The van der Waals surface area contributed by atoms with Gasteiger partial charge in [-0.1, -0.05) is 76.1 Å². The van der Waals surface area contributed by atoms with Gasteiger partial charge in [-0.15, -0.1) is 0 Å². The summed E-state index contributed by atoms with van der Waals surface area (Å²) in [5, 5.41) is 0. The van der Waals surface area contributed by atoms with E-state index >= 15 is 0 Å². The van der Waals surface area contributed by atoms with Crippen molar-refractivity contribution in [1.29, 1.82) is 0 Å². The minimum atomic E-state index is 0.0124. The van der Waals surface area contributed by atoms with E-state index in [9.17, 15) is 4.79 Å². The molecule has 0 N–H and O–H groups in total. The number of ketones is 1. The van der Waals surface area contributed by atoms with E-state index in [0.717, 1.165) is 30.4 Å². The Labute approximate surface area is 135 Å². The van der Waals surface area contributed by atoms with Gasteiger partial charge >= 0.3 is 0 Å². The molecule has 1 aromatic carbocycles. The molecule has 0 bridgehead atoms. The summed E-state index contributed by atoms with van der Waals surface area (Å²) in [6.07, 6.45) is 5.29. The average molecular weight is 296 g/mol. The van der Waals surface area contributed by atoms with Crippen LogP contribution < -0.4 is 0 Å². The maximum Gasteiger partial charge on any atom is 0.185 e. The number of allylic oxidation sites excluding steroid dienone is 4. The summed E-state index contributed by atoms with van der Waals surface area (Å²) >= 11 is 0. The molecule has 0 saturated carbocycles. The molecule has 0 aromatic heterocycles. The van der Waals surface area contributed by atoms with Crippen LogP contribution in [0.15, 0.2) is 53.1 Å². The van der Waals surface area contributed by atoms with Gasteiger partial charge in [-0.3, -0.25) is 4.79 Å². The van der Waals surface area contributed by atoms with Crippen molar-refractivity contribution in [1.82, 2.24) is 0 Å². The van der Waals surface area contributed by atoms with E-state index < -0.39 is 0 Å². The lowest BCUT2D eigenvalue weighted by Gasteiger charge is -2.19. The molecule has 1 nitrogen and oxygen atoms in total. The van der Waals surface area contributed by atoms with Gasteiger partial charge in [0.05, 0.1) is 0 Å². The molecular weight excluding hydrogens is 268 g/mol. The molecule has 0 heterocycles. The fourth-order valence-corrected chi connectivity index (χ4v) is 3.25. The molecule has 1 heteroatoms. The Hall–Kier alpha value is -1.63. The third-order valence-electron chi connectivity index (χ3n) is 4.26. The first-order valence-corrected chi connectivity index (χ1v) is 8.37. The van der Waals surface area contributed by atoms with E-state index in [4.69, 9.17) is 0 Å². The lowest BCUT2D eigenvalue weighted by Crippen LogP contribution is -2.10. The summed E-state index contributed by atoms with van der Waals surface area (Å²) in [5.41, 5.74) is 4.52. The second-order valence-electron chi connectivity index (χ2n) is 7.40. The van der Waals surface area contributed by atoms with E-state index in [1.54, 1.807) is 0 Å². The lowest BCUT2D eigenvalue weighted by atomic mass is 9.84. The van der Waals surface area contributed by atoms with E-state index in [2.05, 4.69) is 65.0 Å². The maximum absolute atomic E-state index is 13.0. The third-order valence-corrected chi connectivity index (χ3v) is 4.26. The summed E-state index contributed by atoms with van der Waals surface area (Å²) in [6, 6.07) is 10.4. The highest BCUT2D eigenvalue weighted by molar-refractivity contribution is 6.13. The molecule has 1 atom stereocenters. The minimum Gasteiger partial charge on any atom is -0.289 e. The molecule has 1 aromatic rings. The Kier molecular flexibility index (Phi) is 5.05. The van der Waals surface area contributed by atoms with Crippen LogP contribution in [-0.4, -0.2) is 5.78 Å². The average Bonchev–Trinajstić information content (AvgIpc) is 2.67. The second-order valence-corrected chi connectivity index (χ2v) is 7.40. The predicted molar refractivity (Wildman–Crippen MR) is 94.0 cm³/mol. The van der Waals surface area contributed by atoms with Crippen molar-refractivity contribution in [2.45, 2.75) is 59.8 Å². The van der Waals surface area contributed by atoms with Crippen molar-refractivity contribution < 1.29 is 4.79 Å². The van der Waals surface area contributed by atoms with E-state index in [1.165, 1.54) is 11.1 Å². The van der Waals surface area contributed by atoms with Gasteiger partial charge < -0.3 is 0 Å². The number of unbranched alkanes of at least 4 members (excludes halogenated alkanes) is 1. The van der Waals surface area contributed by atoms with Crippen molar-refractivity contribution in [2.75, 3.05) is 0 Å². The highest BCUT2D eigenvalue weighted by Crippen LogP contribution is 2.44. The quantitative estimate of drug-likeness (QED) is 0.639. The molecule has 118 valence electrons. The minimum absolute atomic E-state index is 0.0124. The lowest BCUT2D eigenvalue weighted by molar-refractivity contribution is -0.112. The van der Waals surface area contributed by atoms with Crippen LogP contribution in [0.3, 0.4) is 0 Å². The molecule has 1 aliphatic rings. The largest absolute Gasteiger partial charge is 0.289 e. The number of carbonyl (C=O) groups excluding carboxylic acids is 1. The first kappa shape index (κ1) is 16.7. The van der Waals surface area contributed by atoms with Crippen LogP contribution in [0.2, 0.25) is 0 Å². The summed E-state index contributed by atoms with van der Waals surface area (Å²) in [5.74, 6) is 0.412. The Morgan fingerprint density at radius 1 is 1.14 bits per heavy atom. The van der Waals surface area contributed by atoms with Gasteiger partial charge in [-0.05, 0) is 36.3 Å². The summed E-state index contributed by atoms with van der Waals surface area (Å²) < 4.78 is 0. The first-order valence-electron chi connectivity index (χ1n) is 8.37. The standard InChI is InChI=1S/C21H28O/c1-6-7-13-17-15(2)19(16-11-9-8-10-12-16)18(20(17)22)14-21(3,4)5/h8-12,14,19H,6-7,13H2,1-5H3/b18-14+/t19-/m1/s1. The molecule has 22 heavy (non-hydrogen) atoms. The molecule has 0 aliphatic heterocycles. The number of hydrogen-bond acceptors (Lipinski definition) is 1. The molecule has 0 saturated heterocycles. The van der Waals surface area contributed by atoms with Crippen LogP contribution in [-0.2, 0) is 4.79 Å². The van der Waals surface area contributed by atoms with Crippen LogP contribution in [0.4, 0.5) is 0 Å². The fraction of sp³-hybridized carbons (Fsp3) is 0.476. The van der Waals surface area contributed by atoms with Crippen LogP contribution in [0.5, 0.6) is 0 Å². The van der Waals surface area contributed by atoms with Crippen molar-refractivity contribution in [2.24, 2.45) is 5.41 Å². The van der Waals surface area contributed by atoms with Crippen LogP contribution in [0.1, 0.15) is 65.4 Å². The molecule has 0 fully saturated rings. The second kappa shape index (κ2) is 6.64. The maximum atomic E-state index is 13.0. The SMILES string of the molecule is CCCCC1=C(C)[C@H](c2ccccc2)/C(=C\C(C)(C)C)C1=O. The Bertz CT molecular complexity index is 597. The van der Waals surface area contributed by atoms with Gasteiger partial charge in [0.15, 0.2) is 5.78 Å². The van der Waals surface area contributed by atoms with Crippen molar-refractivity contribution in [3.63, 3.8) is 0 Å². The Morgan fingerprint density at radius 3 is 2.32 bits per heavy atom. The monoisotopic (exact) mass is 296 g/mol. The zero-order valence-electron chi connectivity index (χ0n) is 14.6. The zero-order valence-corrected chi connectivity index (χ0v) is 14.6. The fourth-order valence-electron chi connectivity index (χ4n) is 3.25. The smallest absolute Gasteiger partial charge is 0.185 e. The van der Waals surface area contributed by atoms with Crippen molar-refractivity contribution in [3.05, 3.63) is 58.7 Å². The van der Waals surface area contributed by atoms with Gasteiger partial charge in [0.1, 0.15) is 0 Å². The third kappa shape index (κ3) is 3.58. The van der Waals surface area contributed by atoms with Crippen molar-refractivity contribution in [3.8, 4) is 0 Å². The van der Waals surface area contributed by atoms with Crippen LogP contribution in [0.25, 0.3) is 0 Å². The zero-order chi connectivity index (χ0) is 16.3. The number of benzene rings is 1. The van der Waals surface area contributed by atoms with E-state index in [0.29, 0.717) is 0 Å². The van der Waals surface area contributed by atoms with Crippen LogP contribution in [0, 0.1) is 5.41 Å². The Balaban J connectivity index is 2.50.